The van der Waals surface area contributed by atoms with Crippen molar-refractivity contribution in [3.05, 3.63) is 0 Å². The summed E-state index contributed by atoms with van der Waals surface area (Å²) in [5.41, 5.74) is 0. The Bertz CT molecular complexity index is 205. The molecule has 0 aromatic heterocycles. The first-order chi connectivity index (χ1) is 5.15. The van der Waals surface area contributed by atoms with Crippen LogP contribution < -0.4 is 10.6 Å². The fraction of sp³-hybridized carbons (Fsp3) is 0.400. The number of barbiturate groups is 1. The second kappa shape index (κ2) is 2.67. The maximum absolute atomic E-state index is 10.7. The minimum atomic E-state index is -1.16. The fourth-order valence-corrected chi connectivity index (χ4v) is 0.714. The van der Waals surface area contributed by atoms with Crippen LogP contribution in [0.1, 0.15) is 0 Å². The molecule has 1 aliphatic heterocycles. The summed E-state index contributed by atoms with van der Waals surface area (Å²) in [4.78, 5) is 31.8. The standard InChI is InChI=1S/C5H6N2O4/c8-1-2-3(9)6-5(11)7-4(2)10/h2,8H,1H2,(H2,6,7,9,10,11). The zero-order valence-corrected chi connectivity index (χ0v) is 5.46. The van der Waals surface area contributed by atoms with Gasteiger partial charge in [0.15, 0.2) is 0 Å². The second-order valence-electron chi connectivity index (χ2n) is 2.04. The van der Waals surface area contributed by atoms with Gasteiger partial charge in [-0.15, -0.1) is 0 Å². The van der Waals surface area contributed by atoms with E-state index in [0.29, 0.717) is 0 Å². The molecule has 4 amide bonds. The predicted molar refractivity (Wildman–Crippen MR) is 32.3 cm³/mol. The molecule has 6 nitrogen and oxygen atoms in total. The van der Waals surface area contributed by atoms with Gasteiger partial charge in [0, 0.05) is 0 Å². The molecule has 1 rings (SSSR count). The lowest BCUT2D eigenvalue weighted by molar-refractivity contribution is -0.137. The lowest BCUT2D eigenvalue weighted by Crippen LogP contribution is -2.56. The van der Waals surface area contributed by atoms with Gasteiger partial charge in [-0.3, -0.25) is 20.2 Å². The third-order valence-corrected chi connectivity index (χ3v) is 1.29. The summed E-state index contributed by atoms with van der Waals surface area (Å²) in [6.07, 6.45) is 0. The quantitative estimate of drug-likeness (QED) is 0.383. The van der Waals surface area contributed by atoms with E-state index in [1.54, 1.807) is 0 Å². The van der Waals surface area contributed by atoms with Crippen molar-refractivity contribution in [1.82, 2.24) is 10.6 Å². The molecule has 0 radical (unpaired) electrons. The molecule has 60 valence electrons. The third-order valence-electron chi connectivity index (χ3n) is 1.29. The Morgan fingerprint density at radius 1 is 1.18 bits per heavy atom. The van der Waals surface area contributed by atoms with Gasteiger partial charge in [0.1, 0.15) is 5.92 Å². The minimum absolute atomic E-state index is 0.592. The summed E-state index contributed by atoms with van der Waals surface area (Å²) in [5.74, 6) is -2.69. The van der Waals surface area contributed by atoms with E-state index in [2.05, 4.69) is 0 Å². The number of carbonyl (C=O) groups excluding carboxylic acids is 3. The van der Waals surface area contributed by atoms with E-state index >= 15 is 0 Å². The van der Waals surface area contributed by atoms with Gasteiger partial charge < -0.3 is 5.11 Å². The van der Waals surface area contributed by atoms with Crippen molar-refractivity contribution in [2.24, 2.45) is 5.92 Å². The van der Waals surface area contributed by atoms with Crippen LogP contribution in [-0.4, -0.2) is 29.6 Å². The molecule has 1 heterocycles. The third kappa shape index (κ3) is 1.35. The summed E-state index contributed by atoms with van der Waals surface area (Å²) in [6, 6.07) is -0.843. The fourth-order valence-electron chi connectivity index (χ4n) is 0.714. The van der Waals surface area contributed by atoms with E-state index in [1.807, 2.05) is 10.6 Å². The number of hydrogen-bond donors (Lipinski definition) is 3. The van der Waals surface area contributed by atoms with Crippen LogP contribution in [0.2, 0.25) is 0 Å². The molecular formula is C5H6N2O4. The number of carbonyl (C=O) groups is 3. The topological polar surface area (TPSA) is 95.5 Å². The molecule has 0 aliphatic carbocycles. The Balaban J connectivity index is 2.74. The van der Waals surface area contributed by atoms with Gasteiger partial charge >= 0.3 is 6.03 Å². The SMILES string of the molecule is O=C1NC(=O)C(CO)C(=O)N1. The van der Waals surface area contributed by atoms with Crippen molar-refractivity contribution >= 4 is 17.8 Å². The smallest absolute Gasteiger partial charge is 0.328 e. The van der Waals surface area contributed by atoms with Gasteiger partial charge in [-0.25, -0.2) is 4.79 Å². The van der Waals surface area contributed by atoms with Crippen molar-refractivity contribution in [3.63, 3.8) is 0 Å². The highest BCUT2D eigenvalue weighted by atomic mass is 16.3. The average molecular weight is 158 g/mol. The van der Waals surface area contributed by atoms with Gasteiger partial charge in [-0.05, 0) is 0 Å². The minimum Gasteiger partial charge on any atom is -0.395 e. The Morgan fingerprint density at radius 3 is 2.00 bits per heavy atom. The molecule has 0 atom stereocenters. The maximum atomic E-state index is 10.7. The van der Waals surface area contributed by atoms with Crippen molar-refractivity contribution in [1.29, 1.82) is 0 Å². The first kappa shape index (κ1) is 7.67. The number of nitrogens with one attached hydrogen (secondary N) is 2. The second-order valence-corrected chi connectivity index (χ2v) is 2.04. The number of hydrogen-bond acceptors (Lipinski definition) is 4. The van der Waals surface area contributed by atoms with Crippen molar-refractivity contribution in [2.75, 3.05) is 6.61 Å². The molecule has 0 aromatic carbocycles. The van der Waals surface area contributed by atoms with Crippen LogP contribution in [0.15, 0.2) is 0 Å². The highest BCUT2D eigenvalue weighted by Crippen LogP contribution is 1.99. The molecular weight excluding hydrogens is 152 g/mol. The normalized spacial score (nSPS) is 19.5. The van der Waals surface area contributed by atoms with Gasteiger partial charge in [-0.2, -0.15) is 0 Å². The molecule has 0 bridgehead atoms. The van der Waals surface area contributed by atoms with Crippen molar-refractivity contribution in [3.8, 4) is 0 Å². The van der Waals surface area contributed by atoms with E-state index < -0.39 is 30.4 Å². The molecule has 1 aliphatic rings. The molecule has 1 saturated heterocycles. The van der Waals surface area contributed by atoms with Gasteiger partial charge in [0.2, 0.25) is 11.8 Å². The zero-order chi connectivity index (χ0) is 8.43. The highest BCUT2D eigenvalue weighted by molar-refractivity contribution is 6.16. The maximum Gasteiger partial charge on any atom is 0.328 e. The van der Waals surface area contributed by atoms with E-state index in [-0.39, 0.29) is 0 Å². The number of amides is 4. The van der Waals surface area contributed by atoms with Crippen LogP contribution in [-0.2, 0) is 9.59 Å². The lowest BCUT2D eigenvalue weighted by Gasteiger charge is -2.17. The molecule has 11 heavy (non-hydrogen) atoms. The average Bonchev–Trinajstić information content (AvgIpc) is 1.85. The summed E-state index contributed by atoms with van der Waals surface area (Å²) in [6.45, 7) is -0.592. The van der Waals surface area contributed by atoms with Crippen LogP contribution in [0.4, 0.5) is 4.79 Å². The van der Waals surface area contributed by atoms with E-state index in [1.165, 1.54) is 0 Å². The van der Waals surface area contributed by atoms with E-state index in [4.69, 9.17) is 5.11 Å². The number of aliphatic hydroxyl groups is 1. The Morgan fingerprint density at radius 2 is 1.64 bits per heavy atom. The van der Waals surface area contributed by atoms with Crippen LogP contribution in [0.25, 0.3) is 0 Å². The lowest BCUT2D eigenvalue weighted by atomic mass is 10.1. The largest absolute Gasteiger partial charge is 0.395 e. The predicted octanol–water partition coefficient (Wildman–Crippen LogP) is -2.04. The number of aliphatic hydroxyl groups excluding tert-OH is 1. The summed E-state index contributed by atoms with van der Waals surface area (Å²) >= 11 is 0. The van der Waals surface area contributed by atoms with Gasteiger partial charge in [0.25, 0.3) is 0 Å². The summed E-state index contributed by atoms with van der Waals surface area (Å²) in [5, 5.41) is 12.2. The molecule has 3 N–H and O–H groups in total. The van der Waals surface area contributed by atoms with Crippen LogP contribution in [0.3, 0.4) is 0 Å². The molecule has 0 aromatic rings. The van der Waals surface area contributed by atoms with Gasteiger partial charge in [0.05, 0.1) is 6.61 Å². The molecule has 0 unspecified atom stereocenters. The molecule has 1 fully saturated rings. The number of imide groups is 2. The van der Waals surface area contributed by atoms with Crippen LogP contribution in [0.5, 0.6) is 0 Å². The molecule has 0 spiro atoms. The summed E-state index contributed by atoms with van der Waals surface area (Å²) in [7, 11) is 0. The first-order valence-corrected chi connectivity index (χ1v) is 2.91. The summed E-state index contributed by atoms with van der Waals surface area (Å²) < 4.78 is 0. The number of urea groups is 1. The van der Waals surface area contributed by atoms with E-state index in [9.17, 15) is 14.4 Å². The number of rotatable bonds is 1. The van der Waals surface area contributed by atoms with E-state index in [0.717, 1.165) is 0 Å². The monoisotopic (exact) mass is 158 g/mol. The van der Waals surface area contributed by atoms with Gasteiger partial charge in [-0.1, -0.05) is 0 Å². The molecule has 0 saturated carbocycles. The van der Waals surface area contributed by atoms with Crippen LogP contribution >= 0.6 is 0 Å². The van der Waals surface area contributed by atoms with Crippen LogP contribution in [0, 0.1) is 5.92 Å². The Labute approximate surface area is 61.6 Å². The highest BCUT2D eigenvalue weighted by Gasteiger charge is 2.33. The Hall–Kier alpha value is -1.43. The Kier molecular flexibility index (Phi) is 1.86. The first-order valence-electron chi connectivity index (χ1n) is 2.91. The van der Waals surface area contributed by atoms with Crippen molar-refractivity contribution < 1.29 is 19.5 Å². The van der Waals surface area contributed by atoms with Crippen molar-refractivity contribution in [2.45, 2.75) is 0 Å². The zero-order valence-electron chi connectivity index (χ0n) is 5.46. The molecule has 6 heteroatoms.